The van der Waals surface area contributed by atoms with Crippen LogP contribution in [0.1, 0.15) is 36.5 Å². The zero-order chi connectivity index (χ0) is 30.4. The molecule has 0 aromatic heterocycles. The van der Waals surface area contributed by atoms with Gasteiger partial charge in [-0.25, -0.2) is 0 Å². The number of nitrogen functional groups attached to an aromatic ring is 1. The summed E-state index contributed by atoms with van der Waals surface area (Å²) >= 11 is 0. The molecule has 236 valence electrons. The molecule has 3 aromatic carbocycles. The van der Waals surface area contributed by atoms with E-state index in [4.69, 9.17) is 34.2 Å². The molecule has 0 saturated heterocycles. The fraction of sp³-hybridized carbons (Fsp3) is 0.486. The highest BCUT2D eigenvalue weighted by atomic mass is 16.5. The molecule has 0 radical (unpaired) electrons. The number of hydrogen-bond acceptors (Lipinski definition) is 8. The topological polar surface area (TPSA) is 84.6 Å². The van der Waals surface area contributed by atoms with Gasteiger partial charge in [0.25, 0.3) is 0 Å². The van der Waals surface area contributed by atoms with Crippen LogP contribution in [0, 0.1) is 0 Å². The van der Waals surface area contributed by atoms with Crippen molar-refractivity contribution < 1.29 is 28.4 Å². The van der Waals surface area contributed by atoms with E-state index in [0.717, 1.165) is 41.2 Å². The summed E-state index contributed by atoms with van der Waals surface area (Å²) in [5, 5.41) is 0. The Bertz CT molecular complexity index is 1040. The van der Waals surface area contributed by atoms with E-state index in [2.05, 4.69) is 55.1 Å². The predicted molar refractivity (Wildman–Crippen MR) is 173 cm³/mol. The van der Waals surface area contributed by atoms with Crippen LogP contribution >= 0.6 is 0 Å². The number of nitrogens with two attached hydrogens (primary N) is 1. The molecule has 0 aliphatic rings. The molecule has 0 bridgehead atoms. The third-order valence-corrected chi connectivity index (χ3v) is 6.78. The van der Waals surface area contributed by atoms with Crippen LogP contribution in [-0.4, -0.2) is 79.2 Å². The molecule has 3 aromatic rings. The molecule has 0 saturated carbocycles. The predicted octanol–water partition coefficient (Wildman–Crippen LogP) is 5.70. The molecule has 0 heterocycles. The fourth-order valence-corrected chi connectivity index (χ4v) is 4.39. The summed E-state index contributed by atoms with van der Waals surface area (Å²) in [6.07, 6.45) is 0. The Kier molecular flexibility index (Phi) is 17.4. The molecule has 0 spiro atoms. The van der Waals surface area contributed by atoms with Crippen LogP contribution in [0.25, 0.3) is 0 Å². The molecule has 3 rings (SSSR count). The van der Waals surface area contributed by atoms with Crippen LogP contribution in [0.5, 0.6) is 0 Å². The van der Waals surface area contributed by atoms with Crippen molar-refractivity contribution in [2.24, 2.45) is 0 Å². The second-order valence-electron chi connectivity index (χ2n) is 10.5. The number of nitrogens with zero attached hydrogens (tertiary/aromatic N) is 1. The van der Waals surface area contributed by atoms with E-state index in [1.807, 2.05) is 42.5 Å². The summed E-state index contributed by atoms with van der Waals surface area (Å²) in [4.78, 5) is 2.28. The van der Waals surface area contributed by atoms with Crippen LogP contribution in [0.15, 0.2) is 78.9 Å². The minimum Gasteiger partial charge on any atom is -0.398 e. The van der Waals surface area contributed by atoms with E-state index in [9.17, 15) is 0 Å². The van der Waals surface area contributed by atoms with Crippen LogP contribution in [-0.2, 0) is 41.6 Å². The first kappa shape index (κ1) is 34.5. The van der Waals surface area contributed by atoms with Gasteiger partial charge in [-0.2, -0.15) is 0 Å². The van der Waals surface area contributed by atoms with Gasteiger partial charge in [0.1, 0.15) is 0 Å². The first-order valence-electron chi connectivity index (χ1n) is 15.3. The molecule has 8 heteroatoms. The smallest absolute Gasteiger partial charge is 0.0718 e. The van der Waals surface area contributed by atoms with Crippen molar-refractivity contribution in [2.45, 2.75) is 33.0 Å². The van der Waals surface area contributed by atoms with Crippen LogP contribution in [0.2, 0.25) is 0 Å². The quantitative estimate of drug-likeness (QED) is 0.105. The maximum Gasteiger partial charge on any atom is 0.0718 e. The van der Waals surface area contributed by atoms with Crippen molar-refractivity contribution in [3.05, 3.63) is 95.6 Å². The lowest BCUT2D eigenvalue weighted by atomic mass is 10.0. The zero-order valence-corrected chi connectivity index (χ0v) is 26.0. The number of rotatable bonds is 24. The second kappa shape index (κ2) is 21.7. The van der Waals surface area contributed by atoms with Crippen LogP contribution < -0.4 is 10.6 Å². The minimum atomic E-state index is 0.344. The van der Waals surface area contributed by atoms with Crippen molar-refractivity contribution in [2.75, 3.05) is 89.8 Å². The van der Waals surface area contributed by atoms with Crippen LogP contribution in [0.4, 0.5) is 11.4 Å². The van der Waals surface area contributed by atoms with Gasteiger partial charge in [-0.05, 0) is 40.8 Å². The van der Waals surface area contributed by atoms with Gasteiger partial charge in [-0.1, -0.05) is 74.5 Å². The Morgan fingerprint density at radius 2 is 0.953 bits per heavy atom. The summed E-state index contributed by atoms with van der Waals surface area (Å²) < 4.78 is 34.4. The Balaban J connectivity index is 1.28. The number of benzene rings is 3. The molecular formula is C35H50N2O6. The SMILES string of the molecule is CC(C)c1cc(N(CCOCCOCCOCc2ccccc2)CCOCCOCCOCc2ccccc2)ccc1N. The second-order valence-corrected chi connectivity index (χ2v) is 10.5. The lowest BCUT2D eigenvalue weighted by Gasteiger charge is -2.26. The Labute approximate surface area is 258 Å². The molecule has 0 amide bonds. The lowest BCUT2D eigenvalue weighted by Crippen LogP contribution is -2.32. The molecular weight excluding hydrogens is 544 g/mol. The van der Waals surface area contributed by atoms with Gasteiger partial charge in [0.2, 0.25) is 0 Å². The van der Waals surface area contributed by atoms with Gasteiger partial charge in [0, 0.05) is 24.5 Å². The number of hydrogen-bond donors (Lipinski definition) is 1. The lowest BCUT2D eigenvalue weighted by molar-refractivity contribution is 0.00974. The third-order valence-electron chi connectivity index (χ3n) is 6.78. The number of ether oxygens (including phenoxy) is 6. The minimum absolute atomic E-state index is 0.344. The summed E-state index contributed by atoms with van der Waals surface area (Å²) in [5.74, 6) is 0.344. The summed E-state index contributed by atoms with van der Waals surface area (Å²) in [6.45, 7) is 12.5. The van der Waals surface area contributed by atoms with Gasteiger partial charge in [0.15, 0.2) is 0 Å². The average molecular weight is 595 g/mol. The first-order chi connectivity index (χ1) is 21.1. The maximum absolute atomic E-state index is 6.23. The molecule has 0 aliphatic carbocycles. The largest absolute Gasteiger partial charge is 0.398 e. The third kappa shape index (κ3) is 14.8. The van der Waals surface area contributed by atoms with Crippen molar-refractivity contribution in [1.29, 1.82) is 0 Å². The Hall–Kier alpha value is -2.98. The van der Waals surface area contributed by atoms with Crippen LogP contribution in [0.3, 0.4) is 0 Å². The zero-order valence-electron chi connectivity index (χ0n) is 26.0. The van der Waals surface area contributed by atoms with Gasteiger partial charge >= 0.3 is 0 Å². The van der Waals surface area contributed by atoms with Gasteiger partial charge in [-0.15, -0.1) is 0 Å². The fourth-order valence-electron chi connectivity index (χ4n) is 4.39. The number of anilines is 2. The van der Waals surface area contributed by atoms with E-state index >= 15 is 0 Å². The summed E-state index contributed by atoms with van der Waals surface area (Å²) in [5.41, 5.74) is 11.6. The molecule has 2 N–H and O–H groups in total. The first-order valence-corrected chi connectivity index (χ1v) is 15.3. The van der Waals surface area contributed by atoms with Crippen molar-refractivity contribution >= 4 is 11.4 Å². The summed E-state index contributed by atoms with van der Waals surface area (Å²) in [7, 11) is 0. The van der Waals surface area contributed by atoms with E-state index in [1.165, 1.54) is 0 Å². The van der Waals surface area contributed by atoms with Crippen molar-refractivity contribution in [3.8, 4) is 0 Å². The maximum atomic E-state index is 6.23. The molecule has 0 fully saturated rings. The Morgan fingerprint density at radius 1 is 0.535 bits per heavy atom. The normalized spacial score (nSPS) is 11.3. The highest BCUT2D eigenvalue weighted by Gasteiger charge is 2.11. The van der Waals surface area contributed by atoms with E-state index in [1.54, 1.807) is 0 Å². The highest BCUT2D eigenvalue weighted by Crippen LogP contribution is 2.27. The van der Waals surface area contributed by atoms with Crippen molar-refractivity contribution in [3.63, 3.8) is 0 Å². The summed E-state index contributed by atoms with van der Waals surface area (Å²) in [6, 6.07) is 26.5. The average Bonchev–Trinajstić information content (AvgIpc) is 3.03. The Morgan fingerprint density at radius 3 is 1.40 bits per heavy atom. The van der Waals surface area contributed by atoms with E-state index in [0.29, 0.717) is 85.2 Å². The van der Waals surface area contributed by atoms with Gasteiger partial charge < -0.3 is 39.1 Å². The molecule has 0 atom stereocenters. The highest BCUT2D eigenvalue weighted by molar-refractivity contribution is 5.59. The van der Waals surface area contributed by atoms with Gasteiger partial charge in [-0.3, -0.25) is 0 Å². The molecule has 0 unspecified atom stereocenters. The standard InChI is InChI=1S/C35H50N2O6/c1-30(2)34-27-33(13-14-35(34)36)37(15-17-38-19-21-40-23-25-42-28-31-9-5-3-6-10-31)16-18-39-20-22-41-24-26-43-29-32-11-7-4-8-12-32/h3-14,27,30H,15-26,28-29,36H2,1-2H3. The molecule has 0 aliphatic heterocycles. The van der Waals surface area contributed by atoms with Crippen molar-refractivity contribution in [1.82, 2.24) is 0 Å². The van der Waals surface area contributed by atoms with E-state index < -0.39 is 0 Å². The monoisotopic (exact) mass is 594 g/mol. The molecule has 8 nitrogen and oxygen atoms in total. The van der Waals surface area contributed by atoms with Gasteiger partial charge in [0.05, 0.1) is 79.3 Å². The molecule has 43 heavy (non-hydrogen) atoms. The van der Waals surface area contributed by atoms with E-state index in [-0.39, 0.29) is 0 Å².